The SMILES string of the molecule is COc1ccc(CCC(=O)N2CCCC(N(C(=O)C3CC3)C3CCOCC3)C2)cc1. The van der Waals surface area contributed by atoms with Crippen LogP contribution in [0.15, 0.2) is 24.3 Å². The molecule has 1 atom stereocenters. The van der Waals surface area contributed by atoms with Crippen LogP contribution in [-0.4, -0.2) is 67.1 Å². The molecular formula is C24H34N2O4. The number of nitrogens with zero attached hydrogens (tertiary/aromatic N) is 2. The number of methoxy groups -OCH3 is 1. The lowest BCUT2D eigenvalue weighted by atomic mass is 9.97. The molecule has 30 heavy (non-hydrogen) atoms. The summed E-state index contributed by atoms with van der Waals surface area (Å²) in [5.74, 6) is 1.56. The fourth-order valence-corrected chi connectivity index (χ4v) is 4.77. The zero-order valence-corrected chi connectivity index (χ0v) is 18.1. The van der Waals surface area contributed by atoms with E-state index in [9.17, 15) is 9.59 Å². The highest BCUT2D eigenvalue weighted by Crippen LogP contribution is 2.35. The third kappa shape index (κ3) is 5.15. The Labute approximate surface area is 179 Å². The van der Waals surface area contributed by atoms with Crippen molar-refractivity contribution in [3.63, 3.8) is 0 Å². The standard InChI is InChI=1S/C24H34N2O4/c1-29-22-9-4-18(5-10-22)6-11-23(27)25-14-2-3-21(17-25)26(24(28)19-7-8-19)20-12-15-30-16-13-20/h4-5,9-10,19-21H,2-3,6-8,11-17H2,1H3. The Kier molecular flexibility index (Phi) is 6.93. The van der Waals surface area contributed by atoms with Gasteiger partial charge in [0.1, 0.15) is 5.75 Å². The van der Waals surface area contributed by atoms with Gasteiger partial charge in [-0.1, -0.05) is 12.1 Å². The third-order valence-electron chi connectivity index (χ3n) is 6.69. The third-order valence-corrected chi connectivity index (χ3v) is 6.69. The number of aryl methyl sites for hydroxylation is 1. The zero-order valence-electron chi connectivity index (χ0n) is 18.1. The summed E-state index contributed by atoms with van der Waals surface area (Å²) < 4.78 is 10.7. The van der Waals surface area contributed by atoms with E-state index >= 15 is 0 Å². The summed E-state index contributed by atoms with van der Waals surface area (Å²) in [6, 6.07) is 8.34. The van der Waals surface area contributed by atoms with Gasteiger partial charge in [0.15, 0.2) is 0 Å². The fourth-order valence-electron chi connectivity index (χ4n) is 4.77. The summed E-state index contributed by atoms with van der Waals surface area (Å²) in [5, 5.41) is 0. The molecule has 0 N–H and O–H groups in total. The quantitative estimate of drug-likeness (QED) is 0.688. The van der Waals surface area contributed by atoms with Crippen molar-refractivity contribution in [2.24, 2.45) is 5.92 Å². The Morgan fingerprint density at radius 1 is 1.07 bits per heavy atom. The lowest BCUT2D eigenvalue weighted by Crippen LogP contribution is -2.56. The molecule has 0 spiro atoms. The molecule has 2 aliphatic heterocycles. The highest BCUT2D eigenvalue weighted by atomic mass is 16.5. The number of piperidine rings is 1. The summed E-state index contributed by atoms with van der Waals surface area (Å²) in [5.41, 5.74) is 1.14. The summed E-state index contributed by atoms with van der Waals surface area (Å²) in [6.45, 7) is 2.95. The van der Waals surface area contributed by atoms with Crippen LogP contribution in [0.5, 0.6) is 5.75 Å². The summed E-state index contributed by atoms with van der Waals surface area (Å²) in [6.07, 6.45) is 7.09. The van der Waals surface area contributed by atoms with Crippen molar-refractivity contribution in [1.82, 2.24) is 9.80 Å². The van der Waals surface area contributed by atoms with E-state index < -0.39 is 0 Å². The molecule has 6 heteroatoms. The molecule has 1 aromatic carbocycles. The molecule has 1 aliphatic carbocycles. The molecule has 2 saturated heterocycles. The number of rotatable bonds is 7. The predicted octanol–water partition coefficient (Wildman–Crippen LogP) is 3.04. The van der Waals surface area contributed by atoms with Gasteiger partial charge in [-0.25, -0.2) is 0 Å². The number of hydrogen-bond donors (Lipinski definition) is 0. The molecule has 1 saturated carbocycles. The molecule has 1 unspecified atom stereocenters. The molecule has 6 nitrogen and oxygen atoms in total. The first-order valence-electron chi connectivity index (χ1n) is 11.5. The van der Waals surface area contributed by atoms with Crippen LogP contribution >= 0.6 is 0 Å². The van der Waals surface area contributed by atoms with E-state index in [0.717, 1.165) is 76.0 Å². The smallest absolute Gasteiger partial charge is 0.226 e. The minimum atomic E-state index is 0.153. The van der Waals surface area contributed by atoms with E-state index in [0.29, 0.717) is 18.9 Å². The van der Waals surface area contributed by atoms with Crippen LogP contribution < -0.4 is 4.74 Å². The van der Waals surface area contributed by atoms with Gasteiger partial charge in [-0.15, -0.1) is 0 Å². The Morgan fingerprint density at radius 2 is 1.80 bits per heavy atom. The predicted molar refractivity (Wildman–Crippen MR) is 114 cm³/mol. The van der Waals surface area contributed by atoms with E-state index in [-0.39, 0.29) is 23.9 Å². The lowest BCUT2D eigenvalue weighted by Gasteiger charge is -2.44. The van der Waals surface area contributed by atoms with E-state index in [1.165, 1.54) is 0 Å². The van der Waals surface area contributed by atoms with Gasteiger partial charge in [0, 0.05) is 50.7 Å². The number of likely N-dealkylation sites (tertiary alicyclic amines) is 1. The number of hydrogen-bond acceptors (Lipinski definition) is 4. The van der Waals surface area contributed by atoms with Crippen molar-refractivity contribution >= 4 is 11.8 Å². The highest BCUT2D eigenvalue weighted by Gasteiger charge is 2.41. The van der Waals surface area contributed by atoms with Gasteiger partial charge in [-0.05, 0) is 62.6 Å². The monoisotopic (exact) mass is 414 g/mol. The average molecular weight is 415 g/mol. The molecule has 0 aromatic heterocycles. The lowest BCUT2D eigenvalue weighted by molar-refractivity contribution is -0.145. The van der Waals surface area contributed by atoms with Gasteiger partial charge in [-0.2, -0.15) is 0 Å². The van der Waals surface area contributed by atoms with Crippen molar-refractivity contribution in [3.05, 3.63) is 29.8 Å². The number of carbonyl (C=O) groups excluding carboxylic acids is 2. The normalized spacial score (nSPS) is 22.6. The summed E-state index contributed by atoms with van der Waals surface area (Å²) in [7, 11) is 1.66. The maximum atomic E-state index is 13.1. The van der Waals surface area contributed by atoms with E-state index in [1.54, 1.807) is 7.11 Å². The minimum absolute atomic E-state index is 0.153. The van der Waals surface area contributed by atoms with Gasteiger partial charge >= 0.3 is 0 Å². The van der Waals surface area contributed by atoms with Crippen molar-refractivity contribution < 1.29 is 19.1 Å². The topological polar surface area (TPSA) is 59.1 Å². The Balaban J connectivity index is 1.36. The Hall–Kier alpha value is -2.08. The van der Waals surface area contributed by atoms with Crippen molar-refractivity contribution in [1.29, 1.82) is 0 Å². The van der Waals surface area contributed by atoms with E-state index in [2.05, 4.69) is 4.90 Å². The molecule has 164 valence electrons. The van der Waals surface area contributed by atoms with Crippen molar-refractivity contribution in [3.8, 4) is 5.75 Å². The van der Waals surface area contributed by atoms with Crippen LogP contribution in [-0.2, 0) is 20.7 Å². The molecule has 0 bridgehead atoms. The molecule has 0 radical (unpaired) electrons. The Morgan fingerprint density at radius 3 is 2.47 bits per heavy atom. The molecule has 2 amide bonds. The molecule has 4 rings (SSSR count). The van der Waals surface area contributed by atoms with Gasteiger partial charge in [-0.3, -0.25) is 9.59 Å². The number of carbonyl (C=O) groups is 2. The van der Waals surface area contributed by atoms with Gasteiger partial charge < -0.3 is 19.3 Å². The van der Waals surface area contributed by atoms with Crippen LogP contribution in [0, 0.1) is 5.92 Å². The largest absolute Gasteiger partial charge is 0.497 e. The van der Waals surface area contributed by atoms with Crippen LogP contribution in [0.2, 0.25) is 0 Å². The molecular weight excluding hydrogens is 380 g/mol. The Bertz CT molecular complexity index is 725. The highest BCUT2D eigenvalue weighted by molar-refractivity contribution is 5.82. The van der Waals surface area contributed by atoms with Crippen molar-refractivity contribution in [2.75, 3.05) is 33.4 Å². The fraction of sp³-hybridized carbons (Fsp3) is 0.667. The van der Waals surface area contributed by atoms with Gasteiger partial charge in [0.05, 0.1) is 7.11 Å². The summed E-state index contributed by atoms with van der Waals surface area (Å²) >= 11 is 0. The molecule has 1 aromatic rings. The van der Waals surface area contributed by atoms with E-state index in [1.807, 2.05) is 29.2 Å². The minimum Gasteiger partial charge on any atom is -0.497 e. The van der Waals surface area contributed by atoms with E-state index in [4.69, 9.17) is 9.47 Å². The first-order valence-corrected chi connectivity index (χ1v) is 11.5. The second-order valence-corrected chi connectivity index (χ2v) is 8.85. The number of benzene rings is 1. The van der Waals surface area contributed by atoms with Crippen LogP contribution in [0.3, 0.4) is 0 Å². The van der Waals surface area contributed by atoms with Crippen LogP contribution in [0.1, 0.15) is 50.5 Å². The van der Waals surface area contributed by atoms with Crippen LogP contribution in [0.4, 0.5) is 0 Å². The maximum Gasteiger partial charge on any atom is 0.226 e. The number of ether oxygens (including phenoxy) is 2. The average Bonchev–Trinajstić information content (AvgIpc) is 3.64. The maximum absolute atomic E-state index is 13.1. The first kappa shape index (κ1) is 21.2. The summed E-state index contributed by atoms with van der Waals surface area (Å²) in [4.78, 5) is 30.2. The molecule has 2 heterocycles. The second-order valence-electron chi connectivity index (χ2n) is 8.85. The molecule has 3 aliphatic rings. The van der Waals surface area contributed by atoms with Crippen LogP contribution in [0.25, 0.3) is 0 Å². The first-order chi connectivity index (χ1) is 14.7. The second kappa shape index (κ2) is 9.82. The van der Waals surface area contributed by atoms with Gasteiger partial charge in [0.2, 0.25) is 11.8 Å². The van der Waals surface area contributed by atoms with Crippen molar-refractivity contribution in [2.45, 2.75) is 63.5 Å². The molecule has 3 fully saturated rings. The number of amides is 2. The van der Waals surface area contributed by atoms with Gasteiger partial charge in [0.25, 0.3) is 0 Å². The zero-order chi connectivity index (χ0) is 20.9.